The van der Waals surface area contributed by atoms with Gasteiger partial charge in [0.25, 0.3) is 0 Å². The molecule has 3 rings (SSSR count). The molecule has 0 amide bonds. The van der Waals surface area contributed by atoms with Crippen molar-refractivity contribution in [2.24, 2.45) is 5.41 Å². The van der Waals surface area contributed by atoms with Crippen LogP contribution in [0.3, 0.4) is 0 Å². The van der Waals surface area contributed by atoms with E-state index in [1.807, 2.05) is 11.3 Å². The highest BCUT2D eigenvalue weighted by molar-refractivity contribution is 7.09. The van der Waals surface area contributed by atoms with Gasteiger partial charge in [0, 0.05) is 17.5 Å². The first kappa shape index (κ1) is 9.86. The minimum atomic E-state index is 0.687. The molecule has 0 atom stereocenters. The van der Waals surface area contributed by atoms with Crippen LogP contribution in [0.2, 0.25) is 0 Å². The van der Waals surface area contributed by atoms with Crippen molar-refractivity contribution in [1.82, 2.24) is 5.32 Å². The lowest BCUT2D eigenvalue weighted by Crippen LogP contribution is -2.26. The van der Waals surface area contributed by atoms with Gasteiger partial charge in [0.05, 0.1) is 0 Å². The molecule has 0 aliphatic heterocycles. The third kappa shape index (κ3) is 2.61. The van der Waals surface area contributed by atoms with E-state index in [1.165, 1.54) is 45.1 Å². The largest absolute Gasteiger partial charge is 0.313 e. The Morgan fingerprint density at radius 2 is 2.27 bits per heavy atom. The van der Waals surface area contributed by atoms with Crippen molar-refractivity contribution in [1.29, 1.82) is 0 Å². The van der Waals surface area contributed by atoms with Gasteiger partial charge in [-0.15, -0.1) is 11.3 Å². The molecule has 15 heavy (non-hydrogen) atoms. The Morgan fingerprint density at radius 3 is 2.87 bits per heavy atom. The molecule has 0 bridgehead atoms. The second-order valence-electron chi connectivity index (χ2n) is 5.23. The average Bonchev–Trinajstić information content (AvgIpc) is 3.15. The van der Waals surface area contributed by atoms with Crippen LogP contribution in [0.5, 0.6) is 0 Å². The summed E-state index contributed by atoms with van der Waals surface area (Å²) in [4.78, 5) is 1.56. The van der Waals surface area contributed by atoms with Crippen molar-refractivity contribution in [2.45, 2.75) is 44.6 Å². The number of aryl methyl sites for hydroxylation is 1. The molecule has 1 nitrogen and oxygen atoms in total. The third-order valence-corrected chi connectivity index (χ3v) is 4.72. The SMILES string of the molecule is c1csc(CCC2(CNC3CC3)CC2)c1. The second-order valence-corrected chi connectivity index (χ2v) is 6.27. The van der Waals surface area contributed by atoms with Gasteiger partial charge in [0.1, 0.15) is 0 Å². The molecule has 2 aliphatic rings. The number of hydrogen-bond donors (Lipinski definition) is 1. The number of hydrogen-bond acceptors (Lipinski definition) is 2. The Kier molecular flexibility index (Phi) is 2.57. The quantitative estimate of drug-likeness (QED) is 0.778. The fraction of sp³-hybridized carbons (Fsp3) is 0.692. The minimum Gasteiger partial charge on any atom is -0.313 e. The zero-order valence-electron chi connectivity index (χ0n) is 9.17. The van der Waals surface area contributed by atoms with E-state index < -0.39 is 0 Å². The molecular weight excluding hydrogens is 202 g/mol. The normalized spacial score (nSPS) is 22.9. The molecule has 2 aliphatic carbocycles. The standard InChI is InChI=1S/C13H19NS/c1-2-12(15-9-1)5-6-13(7-8-13)10-14-11-3-4-11/h1-2,9,11,14H,3-8,10H2. The molecule has 0 spiro atoms. The van der Waals surface area contributed by atoms with Crippen molar-refractivity contribution in [3.63, 3.8) is 0 Å². The molecule has 0 unspecified atom stereocenters. The highest BCUT2D eigenvalue weighted by Crippen LogP contribution is 2.49. The van der Waals surface area contributed by atoms with Gasteiger partial charge < -0.3 is 5.32 Å². The molecule has 1 aromatic rings. The van der Waals surface area contributed by atoms with E-state index in [0.29, 0.717) is 5.41 Å². The van der Waals surface area contributed by atoms with Crippen LogP contribution in [0.1, 0.15) is 37.0 Å². The summed E-state index contributed by atoms with van der Waals surface area (Å²) in [6.45, 7) is 1.28. The maximum atomic E-state index is 3.69. The van der Waals surface area contributed by atoms with Crippen molar-refractivity contribution in [2.75, 3.05) is 6.54 Å². The summed E-state index contributed by atoms with van der Waals surface area (Å²) in [6.07, 6.45) is 8.44. The number of thiophene rings is 1. The lowest BCUT2D eigenvalue weighted by atomic mass is 9.99. The van der Waals surface area contributed by atoms with E-state index in [9.17, 15) is 0 Å². The molecule has 1 aromatic heterocycles. The van der Waals surface area contributed by atoms with E-state index in [4.69, 9.17) is 0 Å². The van der Waals surface area contributed by atoms with Crippen LogP contribution in [0.15, 0.2) is 17.5 Å². The van der Waals surface area contributed by atoms with Gasteiger partial charge in [0.2, 0.25) is 0 Å². The predicted octanol–water partition coefficient (Wildman–Crippen LogP) is 3.21. The van der Waals surface area contributed by atoms with Crippen LogP contribution < -0.4 is 5.32 Å². The van der Waals surface area contributed by atoms with Gasteiger partial charge in [-0.05, 0) is 55.4 Å². The molecule has 2 heteroatoms. The maximum absolute atomic E-state index is 3.69. The minimum absolute atomic E-state index is 0.687. The van der Waals surface area contributed by atoms with Gasteiger partial charge in [-0.2, -0.15) is 0 Å². The second kappa shape index (κ2) is 3.91. The van der Waals surface area contributed by atoms with Crippen LogP contribution in [0, 0.1) is 5.41 Å². The zero-order valence-corrected chi connectivity index (χ0v) is 9.98. The summed E-state index contributed by atoms with van der Waals surface area (Å²) in [7, 11) is 0. The van der Waals surface area contributed by atoms with Crippen molar-refractivity contribution in [3.8, 4) is 0 Å². The molecule has 1 N–H and O–H groups in total. The Labute approximate surface area is 95.9 Å². The maximum Gasteiger partial charge on any atom is 0.00684 e. The summed E-state index contributed by atoms with van der Waals surface area (Å²) in [5, 5.41) is 5.88. The molecule has 2 saturated carbocycles. The summed E-state index contributed by atoms with van der Waals surface area (Å²) in [5.74, 6) is 0. The molecule has 82 valence electrons. The first-order valence-electron chi connectivity index (χ1n) is 6.12. The van der Waals surface area contributed by atoms with Gasteiger partial charge in [0.15, 0.2) is 0 Å². The van der Waals surface area contributed by atoms with Crippen molar-refractivity contribution in [3.05, 3.63) is 22.4 Å². The monoisotopic (exact) mass is 221 g/mol. The zero-order chi connectivity index (χ0) is 10.1. The number of rotatable bonds is 6. The van der Waals surface area contributed by atoms with E-state index in [2.05, 4.69) is 22.8 Å². The molecule has 1 heterocycles. The van der Waals surface area contributed by atoms with Gasteiger partial charge in [-0.1, -0.05) is 6.07 Å². The molecular formula is C13H19NS. The fourth-order valence-electron chi connectivity index (χ4n) is 2.18. The van der Waals surface area contributed by atoms with Crippen LogP contribution in [-0.4, -0.2) is 12.6 Å². The Balaban J connectivity index is 1.45. The van der Waals surface area contributed by atoms with Crippen LogP contribution in [0.25, 0.3) is 0 Å². The van der Waals surface area contributed by atoms with Crippen LogP contribution in [0.4, 0.5) is 0 Å². The third-order valence-electron chi connectivity index (χ3n) is 3.78. The molecule has 2 fully saturated rings. The summed E-state index contributed by atoms with van der Waals surface area (Å²) >= 11 is 1.91. The topological polar surface area (TPSA) is 12.0 Å². The highest BCUT2D eigenvalue weighted by Gasteiger charge is 2.42. The molecule has 0 aromatic carbocycles. The lowest BCUT2D eigenvalue weighted by Gasteiger charge is -2.15. The summed E-state index contributed by atoms with van der Waals surface area (Å²) in [6, 6.07) is 5.32. The van der Waals surface area contributed by atoms with E-state index in [0.717, 1.165) is 6.04 Å². The lowest BCUT2D eigenvalue weighted by molar-refractivity contribution is 0.426. The average molecular weight is 221 g/mol. The highest BCUT2D eigenvalue weighted by atomic mass is 32.1. The predicted molar refractivity (Wildman–Crippen MR) is 65.3 cm³/mol. The number of nitrogens with one attached hydrogen (secondary N) is 1. The summed E-state index contributed by atoms with van der Waals surface area (Å²) < 4.78 is 0. The molecule has 0 saturated heterocycles. The van der Waals surface area contributed by atoms with Gasteiger partial charge >= 0.3 is 0 Å². The molecule has 0 radical (unpaired) electrons. The Morgan fingerprint density at radius 1 is 1.40 bits per heavy atom. The van der Waals surface area contributed by atoms with Crippen LogP contribution in [-0.2, 0) is 6.42 Å². The van der Waals surface area contributed by atoms with E-state index >= 15 is 0 Å². The smallest absolute Gasteiger partial charge is 0.00684 e. The summed E-state index contributed by atoms with van der Waals surface area (Å²) in [5.41, 5.74) is 0.687. The van der Waals surface area contributed by atoms with Crippen molar-refractivity contribution >= 4 is 11.3 Å². The van der Waals surface area contributed by atoms with Crippen molar-refractivity contribution < 1.29 is 0 Å². The first-order chi connectivity index (χ1) is 7.36. The van der Waals surface area contributed by atoms with Gasteiger partial charge in [-0.25, -0.2) is 0 Å². The Hall–Kier alpha value is -0.340. The first-order valence-corrected chi connectivity index (χ1v) is 7.00. The Bertz CT molecular complexity index is 309. The van der Waals surface area contributed by atoms with Crippen LogP contribution >= 0.6 is 11.3 Å². The van der Waals surface area contributed by atoms with Gasteiger partial charge in [-0.3, -0.25) is 0 Å². The fourth-order valence-corrected chi connectivity index (χ4v) is 2.89. The van der Waals surface area contributed by atoms with E-state index in [-0.39, 0.29) is 0 Å². The van der Waals surface area contributed by atoms with E-state index in [1.54, 1.807) is 4.88 Å².